The molecule has 0 aliphatic carbocycles. The van der Waals surface area contributed by atoms with Crippen molar-refractivity contribution < 1.29 is 9.59 Å². The largest absolute Gasteiger partial charge is 0.324 e. The molecule has 2 aromatic heterocycles. The summed E-state index contributed by atoms with van der Waals surface area (Å²) in [5.74, 6) is 0.470. The number of pyridine rings is 1. The summed E-state index contributed by atoms with van der Waals surface area (Å²) in [4.78, 5) is 28.6. The van der Waals surface area contributed by atoms with Crippen LogP contribution in [0.1, 0.15) is 37.6 Å². The zero-order chi connectivity index (χ0) is 20.8. The van der Waals surface area contributed by atoms with E-state index in [9.17, 15) is 9.59 Å². The summed E-state index contributed by atoms with van der Waals surface area (Å²) in [7, 11) is 0. The number of hydrogen-bond acceptors (Lipinski definition) is 6. The first kappa shape index (κ1) is 20.7. The number of carbonyl (C=O) groups is 2. The van der Waals surface area contributed by atoms with Gasteiger partial charge in [0, 0.05) is 30.1 Å². The van der Waals surface area contributed by atoms with Gasteiger partial charge in [-0.25, -0.2) is 0 Å². The van der Waals surface area contributed by atoms with Crippen molar-refractivity contribution in [2.45, 2.75) is 44.1 Å². The highest BCUT2D eigenvalue weighted by molar-refractivity contribution is 8.00. The van der Waals surface area contributed by atoms with Crippen LogP contribution in [0.2, 0.25) is 0 Å². The van der Waals surface area contributed by atoms with E-state index in [1.54, 1.807) is 36.7 Å². The lowest BCUT2D eigenvalue weighted by Gasteiger charge is -2.14. The van der Waals surface area contributed by atoms with Crippen LogP contribution in [0.3, 0.4) is 0 Å². The number of hydrogen-bond donors (Lipinski definition) is 1. The summed E-state index contributed by atoms with van der Waals surface area (Å²) in [6.45, 7) is 6.12. The molecule has 0 fully saturated rings. The van der Waals surface area contributed by atoms with Crippen LogP contribution >= 0.6 is 11.8 Å². The van der Waals surface area contributed by atoms with Crippen LogP contribution in [0.25, 0.3) is 11.4 Å². The number of anilines is 1. The molecule has 29 heavy (non-hydrogen) atoms. The number of Topliss-reactive ketones (excluding diaryl/α,β-unsaturated/α-hetero) is 1. The maximum atomic E-state index is 12.7. The maximum Gasteiger partial charge on any atom is 0.237 e. The van der Waals surface area contributed by atoms with Gasteiger partial charge in [-0.05, 0) is 44.5 Å². The summed E-state index contributed by atoms with van der Waals surface area (Å²) in [5.41, 5.74) is 1.94. The van der Waals surface area contributed by atoms with Crippen molar-refractivity contribution in [1.29, 1.82) is 0 Å². The highest BCUT2D eigenvalue weighted by atomic mass is 32.2. The number of benzene rings is 1. The average molecular weight is 410 g/mol. The highest BCUT2D eigenvalue weighted by Gasteiger charge is 2.21. The normalized spacial score (nSPS) is 11.8. The van der Waals surface area contributed by atoms with E-state index in [1.165, 1.54) is 18.7 Å². The number of thioether (sulfide) groups is 1. The molecule has 1 N–H and O–H groups in total. The van der Waals surface area contributed by atoms with Gasteiger partial charge in [-0.2, -0.15) is 0 Å². The van der Waals surface area contributed by atoms with Gasteiger partial charge < -0.3 is 9.88 Å². The Labute approximate surface area is 174 Å². The predicted molar refractivity (Wildman–Crippen MR) is 114 cm³/mol. The molecule has 0 bridgehead atoms. The van der Waals surface area contributed by atoms with Gasteiger partial charge in [0.1, 0.15) is 0 Å². The molecule has 0 aliphatic heterocycles. The number of amides is 1. The summed E-state index contributed by atoms with van der Waals surface area (Å²) in [5, 5.41) is 11.8. The van der Waals surface area contributed by atoms with Gasteiger partial charge in [0.2, 0.25) is 5.91 Å². The number of nitrogens with one attached hydrogen (secondary N) is 1. The number of nitrogens with zero attached hydrogens (tertiary/aromatic N) is 4. The average Bonchev–Trinajstić information content (AvgIpc) is 3.11. The van der Waals surface area contributed by atoms with Gasteiger partial charge in [-0.1, -0.05) is 30.8 Å². The van der Waals surface area contributed by atoms with Gasteiger partial charge >= 0.3 is 0 Å². The van der Waals surface area contributed by atoms with Crippen LogP contribution in [0.15, 0.2) is 53.9 Å². The zero-order valence-corrected chi connectivity index (χ0v) is 17.4. The second kappa shape index (κ2) is 9.47. The monoisotopic (exact) mass is 409 g/mol. The van der Waals surface area contributed by atoms with E-state index in [0.717, 1.165) is 24.4 Å². The molecule has 0 spiro atoms. The van der Waals surface area contributed by atoms with Gasteiger partial charge in [0.15, 0.2) is 16.8 Å². The molecule has 0 saturated heterocycles. The molecule has 8 heteroatoms. The van der Waals surface area contributed by atoms with Crippen LogP contribution in [0.4, 0.5) is 5.69 Å². The SMILES string of the molecule is CCCn1c(SC(C)C(=O)Nc2ccccc2C(C)=O)nnc1-c1ccncc1. The van der Waals surface area contributed by atoms with E-state index in [0.29, 0.717) is 16.4 Å². The number of rotatable bonds is 8. The Morgan fingerprint density at radius 2 is 1.86 bits per heavy atom. The third-order valence-electron chi connectivity index (χ3n) is 4.32. The minimum Gasteiger partial charge on any atom is -0.324 e. The second-order valence-corrected chi connectivity index (χ2v) is 7.85. The smallest absolute Gasteiger partial charge is 0.237 e. The molecule has 2 heterocycles. The van der Waals surface area contributed by atoms with E-state index < -0.39 is 5.25 Å². The molecular weight excluding hydrogens is 386 g/mol. The molecule has 1 aromatic carbocycles. The Morgan fingerprint density at radius 3 is 2.55 bits per heavy atom. The highest BCUT2D eigenvalue weighted by Crippen LogP contribution is 2.28. The minimum absolute atomic E-state index is 0.0918. The molecule has 7 nitrogen and oxygen atoms in total. The van der Waals surface area contributed by atoms with E-state index in [2.05, 4.69) is 27.4 Å². The molecule has 150 valence electrons. The number of carbonyl (C=O) groups excluding carboxylic acids is 2. The van der Waals surface area contributed by atoms with Crippen molar-refractivity contribution in [2.75, 3.05) is 5.32 Å². The van der Waals surface area contributed by atoms with Crippen LogP contribution in [0.5, 0.6) is 0 Å². The first-order chi connectivity index (χ1) is 14.0. The second-order valence-electron chi connectivity index (χ2n) is 6.54. The van der Waals surface area contributed by atoms with Crippen molar-refractivity contribution in [3.05, 3.63) is 54.4 Å². The molecule has 0 saturated carbocycles. The summed E-state index contributed by atoms with van der Waals surface area (Å²) >= 11 is 1.34. The molecule has 0 radical (unpaired) electrons. The van der Waals surface area contributed by atoms with Crippen molar-refractivity contribution in [1.82, 2.24) is 19.7 Å². The summed E-state index contributed by atoms with van der Waals surface area (Å²) in [6, 6.07) is 10.8. The van der Waals surface area contributed by atoms with Gasteiger partial charge in [-0.3, -0.25) is 14.6 Å². The van der Waals surface area contributed by atoms with Crippen molar-refractivity contribution in [3.8, 4) is 11.4 Å². The zero-order valence-electron chi connectivity index (χ0n) is 16.6. The van der Waals surface area contributed by atoms with E-state index in [4.69, 9.17) is 0 Å². The van der Waals surface area contributed by atoms with E-state index >= 15 is 0 Å². The predicted octanol–water partition coefficient (Wildman–Crippen LogP) is 4.07. The number of aromatic nitrogens is 4. The van der Waals surface area contributed by atoms with Crippen LogP contribution < -0.4 is 5.32 Å². The number of ketones is 1. The molecule has 3 rings (SSSR count). The van der Waals surface area contributed by atoms with Crippen molar-refractivity contribution in [2.24, 2.45) is 0 Å². The van der Waals surface area contributed by atoms with Crippen LogP contribution in [-0.2, 0) is 11.3 Å². The van der Waals surface area contributed by atoms with E-state index in [-0.39, 0.29) is 11.7 Å². The molecule has 0 aliphatic rings. The van der Waals surface area contributed by atoms with Gasteiger partial charge in [-0.15, -0.1) is 10.2 Å². The first-order valence-corrected chi connectivity index (χ1v) is 10.3. The first-order valence-electron chi connectivity index (χ1n) is 9.42. The topological polar surface area (TPSA) is 89.8 Å². The Balaban J connectivity index is 1.78. The fourth-order valence-corrected chi connectivity index (χ4v) is 3.74. The van der Waals surface area contributed by atoms with Gasteiger partial charge in [0.25, 0.3) is 0 Å². The third kappa shape index (κ3) is 4.89. The Kier molecular flexibility index (Phi) is 6.77. The lowest BCUT2D eigenvalue weighted by Crippen LogP contribution is -2.24. The molecular formula is C21H23N5O2S. The molecule has 3 aromatic rings. The van der Waals surface area contributed by atoms with Gasteiger partial charge in [0.05, 0.1) is 10.9 Å². The molecule has 1 atom stereocenters. The summed E-state index contributed by atoms with van der Waals surface area (Å²) in [6.07, 6.45) is 4.35. The van der Waals surface area contributed by atoms with Crippen molar-refractivity contribution >= 4 is 29.1 Å². The fraction of sp³-hybridized carbons (Fsp3) is 0.286. The lowest BCUT2D eigenvalue weighted by molar-refractivity contribution is -0.115. The summed E-state index contributed by atoms with van der Waals surface area (Å²) < 4.78 is 2.02. The fourth-order valence-electron chi connectivity index (χ4n) is 2.86. The lowest BCUT2D eigenvalue weighted by atomic mass is 10.1. The Bertz CT molecular complexity index is 1000. The van der Waals surface area contributed by atoms with E-state index in [1.807, 2.05) is 23.6 Å². The van der Waals surface area contributed by atoms with Crippen molar-refractivity contribution in [3.63, 3.8) is 0 Å². The minimum atomic E-state index is -0.417. The Hall–Kier alpha value is -3.00. The molecule has 1 amide bonds. The quantitative estimate of drug-likeness (QED) is 0.445. The third-order valence-corrected chi connectivity index (χ3v) is 5.40. The molecule has 1 unspecified atom stereocenters. The Morgan fingerprint density at radius 1 is 1.14 bits per heavy atom. The maximum absolute atomic E-state index is 12.7. The van der Waals surface area contributed by atoms with Crippen LogP contribution in [0, 0.1) is 0 Å². The number of para-hydroxylation sites is 1. The van der Waals surface area contributed by atoms with Crippen LogP contribution in [-0.4, -0.2) is 36.7 Å². The standard InChI is InChI=1S/C21H23N5O2S/c1-4-13-26-19(16-9-11-22-12-10-16)24-25-21(26)29-15(3)20(28)23-18-8-6-5-7-17(18)14(2)27/h5-12,15H,4,13H2,1-3H3,(H,23,28).